The van der Waals surface area contributed by atoms with Gasteiger partial charge < -0.3 is 0 Å². The number of hydrogen-bond donors (Lipinski definition) is 0. The molecule has 16 heavy (non-hydrogen) atoms. The molecule has 0 saturated heterocycles. The zero-order valence-corrected chi connectivity index (χ0v) is 11.1. The van der Waals surface area contributed by atoms with Crippen molar-refractivity contribution in [1.82, 2.24) is 0 Å². The molecule has 0 amide bonds. The van der Waals surface area contributed by atoms with Gasteiger partial charge in [0.25, 0.3) is 0 Å². The predicted octanol–water partition coefficient (Wildman–Crippen LogP) is 4.74. The van der Waals surface area contributed by atoms with Gasteiger partial charge in [-0.2, -0.15) is 0 Å². The van der Waals surface area contributed by atoms with E-state index in [2.05, 4.69) is 13.8 Å². The minimum atomic E-state index is 0.515. The topological polar surface area (TPSA) is 17.1 Å². The minimum absolute atomic E-state index is 0.515. The van der Waals surface area contributed by atoms with Gasteiger partial charge in [-0.15, -0.1) is 0 Å². The normalized spacial score (nSPS) is 25.6. The van der Waals surface area contributed by atoms with Crippen LogP contribution in [0.25, 0.3) is 0 Å². The molecule has 0 unspecified atom stereocenters. The molecule has 1 fully saturated rings. The third-order valence-corrected chi connectivity index (χ3v) is 3.99. The molecule has 0 radical (unpaired) electrons. The van der Waals surface area contributed by atoms with Crippen LogP contribution in [0.3, 0.4) is 0 Å². The summed E-state index contributed by atoms with van der Waals surface area (Å²) in [4.78, 5) is 11.7. The molecule has 0 atom stereocenters. The second kappa shape index (κ2) is 7.86. The fourth-order valence-electron chi connectivity index (χ4n) is 2.93. The number of carbonyl (C=O) groups excluding carboxylic acids is 1. The van der Waals surface area contributed by atoms with Gasteiger partial charge in [-0.1, -0.05) is 46.0 Å². The number of Topliss-reactive ketones (excluding diaryl/α,β-unsaturated/α-hetero) is 1. The first-order chi connectivity index (χ1) is 7.76. The SMILES string of the molecule is CCCCC(=O)C[C@H]1CC[C@H](CCC)CC1. The van der Waals surface area contributed by atoms with Crippen LogP contribution < -0.4 is 0 Å². The van der Waals surface area contributed by atoms with Crippen LogP contribution in [-0.2, 0) is 4.79 Å². The van der Waals surface area contributed by atoms with Gasteiger partial charge in [0.15, 0.2) is 0 Å². The Kier molecular flexibility index (Phi) is 6.75. The first kappa shape index (κ1) is 13.7. The Hall–Kier alpha value is -0.330. The summed E-state index contributed by atoms with van der Waals surface area (Å²) < 4.78 is 0. The summed E-state index contributed by atoms with van der Waals surface area (Å²) in [5.74, 6) is 2.20. The number of rotatable bonds is 7. The van der Waals surface area contributed by atoms with Gasteiger partial charge in [-0.05, 0) is 31.1 Å². The second-order valence-corrected chi connectivity index (χ2v) is 5.52. The highest BCUT2D eigenvalue weighted by Crippen LogP contribution is 2.33. The summed E-state index contributed by atoms with van der Waals surface area (Å²) in [6.07, 6.45) is 12.0. The van der Waals surface area contributed by atoms with Crippen molar-refractivity contribution in [2.75, 3.05) is 0 Å². The molecule has 0 aliphatic heterocycles. The lowest BCUT2D eigenvalue weighted by Gasteiger charge is -2.27. The van der Waals surface area contributed by atoms with Crippen molar-refractivity contribution < 1.29 is 4.79 Å². The Balaban J connectivity index is 2.14. The monoisotopic (exact) mass is 224 g/mol. The van der Waals surface area contributed by atoms with E-state index in [0.29, 0.717) is 5.78 Å². The van der Waals surface area contributed by atoms with Crippen molar-refractivity contribution in [3.05, 3.63) is 0 Å². The van der Waals surface area contributed by atoms with Gasteiger partial charge >= 0.3 is 0 Å². The maximum Gasteiger partial charge on any atom is 0.133 e. The molecule has 0 N–H and O–H groups in total. The predicted molar refractivity (Wildman–Crippen MR) is 69.5 cm³/mol. The van der Waals surface area contributed by atoms with Crippen LogP contribution in [0.15, 0.2) is 0 Å². The molecule has 0 bridgehead atoms. The van der Waals surface area contributed by atoms with Crippen molar-refractivity contribution in [3.63, 3.8) is 0 Å². The lowest BCUT2D eigenvalue weighted by Crippen LogP contribution is -2.17. The lowest BCUT2D eigenvalue weighted by molar-refractivity contribution is -0.120. The summed E-state index contributed by atoms with van der Waals surface area (Å²) in [6.45, 7) is 4.43. The van der Waals surface area contributed by atoms with Crippen LogP contribution in [0.5, 0.6) is 0 Å². The van der Waals surface area contributed by atoms with Gasteiger partial charge in [0.05, 0.1) is 0 Å². The molecule has 1 rings (SSSR count). The zero-order valence-electron chi connectivity index (χ0n) is 11.1. The molecule has 1 saturated carbocycles. The Morgan fingerprint density at radius 1 is 1.00 bits per heavy atom. The first-order valence-electron chi connectivity index (χ1n) is 7.27. The largest absolute Gasteiger partial charge is 0.300 e. The Morgan fingerprint density at radius 2 is 1.62 bits per heavy atom. The molecule has 0 heterocycles. The quantitative estimate of drug-likeness (QED) is 0.610. The third-order valence-electron chi connectivity index (χ3n) is 3.99. The molecule has 0 spiro atoms. The lowest BCUT2D eigenvalue weighted by atomic mass is 9.78. The summed E-state index contributed by atoms with van der Waals surface area (Å²) in [5.41, 5.74) is 0. The van der Waals surface area contributed by atoms with Crippen molar-refractivity contribution in [2.45, 2.75) is 78.1 Å². The molecule has 1 heteroatoms. The summed E-state index contributed by atoms with van der Waals surface area (Å²) >= 11 is 0. The van der Waals surface area contributed by atoms with E-state index < -0.39 is 0 Å². The van der Waals surface area contributed by atoms with E-state index in [-0.39, 0.29) is 0 Å². The Bertz CT molecular complexity index is 190. The second-order valence-electron chi connectivity index (χ2n) is 5.52. The third kappa shape index (κ3) is 5.14. The highest BCUT2D eigenvalue weighted by Gasteiger charge is 2.22. The van der Waals surface area contributed by atoms with E-state index in [1.807, 2.05) is 0 Å². The van der Waals surface area contributed by atoms with Crippen molar-refractivity contribution in [3.8, 4) is 0 Å². The van der Waals surface area contributed by atoms with E-state index in [9.17, 15) is 4.79 Å². The average molecular weight is 224 g/mol. The zero-order chi connectivity index (χ0) is 11.8. The standard InChI is InChI=1S/C15H28O/c1-3-5-7-15(16)12-14-10-8-13(6-4-2)9-11-14/h13-14H,3-12H2,1-2H3/t13-,14-. The Labute approximate surface area is 101 Å². The van der Waals surface area contributed by atoms with Crippen LogP contribution in [0.1, 0.15) is 78.1 Å². The molecule has 1 aliphatic rings. The molecule has 0 aromatic heterocycles. The van der Waals surface area contributed by atoms with Gasteiger partial charge in [0.2, 0.25) is 0 Å². The van der Waals surface area contributed by atoms with E-state index in [1.165, 1.54) is 38.5 Å². The number of hydrogen-bond acceptors (Lipinski definition) is 1. The van der Waals surface area contributed by atoms with Crippen LogP contribution in [0, 0.1) is 11.8 Å². The summed E-state index contributed by atoms with van der Waals surface area (Å²) in [6, 6.07) is 0. The maximum absolute atomic E-state index is 11.7. The smallest absolute Gasteiger partial charge is 0.133 e. The molecule has 0 aromatic carbocycles. The number of ketones is 1. The van der Waals surface area contributed by atoms with Crippen LogP contribution in [0.4, 0.5) is 0 Å². The van der Waals surface area contributed by atoms with E-state index in [4.69, 9.17) is 0 Å². The molecule has 94 valence electrons. The summed E-state index contributed by atoms with van der Waals surface area (Å²) in [7, 11) is 0. The Morgan fingerprint density at radius 3 is 2.19 bits per heavy atom. The van der Waals surface area contributed by atoms with Gasteiger partial charge in [0, 0.05) is 12.8 Å². The van der Waals surface area contributed by atoms with Crippen LogP contribution in [0.2, 0.25) is 0 Å². The molecular weight excluding hydrogens is 196 g/mol. The van der Waals surface area contributed by atoms with Crippen molar-refractivity contribution in [1.29, 1.82) is 0 Å². The first-order valence-corrected chi connectivity index (χ1v) is 7.27. The van der Waals surface area contributed by atoms with Crippen LogP contribution in [-0.4, -0.2) is 5.78 Å². The van der Waals surface area contributed by atoms with E-state index in [1.54, 1.807) is 0 Å². The molecular formula is C15H28O. The summed E-state index contributed by atoms with van der Waals surface area (Å²) in [5, 5.41) is 0. The average Bonchev–Trinajstić information content (AvgIpc) is 2.29. The van der Waals surface area contributed by atoms with Gasteiger partial charge in [-0.25, -0.2) is 0 Å². The fourth-order valence-corrected chi connectivity index (χ4v) is 2.93. The van der Waals surface area contributed by atoms with Crippen molar-refractivity contribution >= 4 is 5.78 Å². The highest BCUT2D eigenvalue weighted by atomic mass is 16.1. The molecule has 0 aromatic rings. The van der Waals surface area contributed by atoms with E-state index >= 15 is 0 Å². The van der Waals surface area contributed by atoms with E-state index in [0.717, 1.165) is 37.5 Å². The molecule has 1 aliphatic carbocycles. The van der Waals surface area contributed by atoms with Gasteiger partial charge in [-0.3, -0.25) is 4.79 Å². The maximum atomic E-state index is 11.7. The fraction of sp³-hybridized carbons (Fsp3) is 0.933. The van der Waals surface area contributed by atoms with Crippen LogP contribution >= 0.6 is 0 Å². The number of unbranched alkanes of at least 4 members (excludes halogenated alkanes) is 1. The van der Waals surface area contributed by atoms with Crippen molar-refractivity contribution in [2.24, 2.45) is 11.8 Å². The van der Waals surface area contributed by atoms with Gasteiger partial charge in [0.1, 0.15) is 5.78 Å². The minimum Gasteiger partial charge on any atom is -0.300 e. The molecule has 1 nitrogen and oxygen atoms in total. The number of carbonyl (C=O) groups is 1. The highest BCUT2D eigenvalue weighted by molar-refractivity contribution is 5.78.